The van der Waals surface area contributed by atoms with E-state index in [2.05, 4.69) is 34.1 Å². The van der Waals surface area contributed by atoms with Crippen molar-refractivity contribution in [2.24, 2.45) is 0 Å². The summed E-state index contributed by atoms with van der Waals surface area (Å²) in [7, 11) is 0. The molecule has 3 nitrogen and oxygen atoms in total. The average molecular weight is 354 g/mol. The van der Waals surface area contributed by atoms with Crippen molar-refractivity contribution in [3.05, 3.63) is 108 Å². The van der Waals surface area contributed by atoms with Crippen LogP contribution in [0.2, 0.25) is 0 Å². The highest BCUT2D eigenvalue weighted by Crippen LogP contribution is 2.26. The molecule has 0 amide bonds. The van der Waals surface area contributed by atoms with Crippen LogP contribution in [-0.4, -0.2) is 19.0 Å². The smallest absolute Gasteiger partial charge is 0.192 e. The van der Waals surface area contributed by atoms with E-state index in [9.17, 15) is 4.79 Å². The normalized spacial score (nSPS) is 14.0. The van der Waals surface area contributed by atoms with Crippen LogP contribution in [0, 0.1) is 6.92 Å². The van der Waals surface area contributed by atoms with Crippen molar-refractivity contribution in [1.82, 2.24) is 0 Å². The van der Waals surface area contributed by atoms with Crippen molar-refractivity contribution in [1.29, 1.82) is 0 Å². The van der Waals surface area contributed by atoms with E-state index < -0.39 is 0 Å². The minimum absolute atomic E-state index is 0.0802. The highest BCUT2D eigenvalue weighted by atomic mass is 16.1. The fraction of sp³-hybridized carbons (Fsp3) is 0.125. The van der Waals surface area contributed by atoms with Crippen LogP contribution in [0.4, 0.5) is 11.4 Å². The first kappa shape index (κ1) is 17.1. The van der Waals surface area contributed by atoms with E-state index >= 15 is 0 Å². The van der Waals surface area contributed by atoms with Crippen LogP contribution in [0.5, 0.6) is 0 Å². The molecule has 0 fully saturated rings. The molecule has 1 aliphatic heterocycles. The topological polar surface area (TPSA) is 23.6 Å². The van der Waals surface area contributed by atoms with E-state index in [1.54, 1.807) is 0 Å². The molecule has 0 N–H and O–H groups in total. The number of ketones is 1. The molecule has 0 bridgehead atoms. The molecule has 0 atom stereocenters. The third kappa shape index (κ3) is 3.77. The second kappa shape index (κ2) is 7.50. The number of Topliss-reactive ketones (excluding diaryl/α,β-unsaturated/α-hetero) is 1. The number of aryl methyl sites for hydroxylation is 1. The van der Waals surface area contributed by atoms with Gasteiger partial charge in [-0.2, -0.15) is 0 Å². The largest absolute Gasteiger partial charge is 0.349 e. The first-order valence-corrected chi connectivity index (χ1v) is 9.14. The van der Waals surface area contributed by atoms with Crippen molar-refractivity contribution in [2.45, 2.75) is 6.92 Å². The van der Waals surface area contributed by atoms with Crippen LogP contribution in [0.1, 0.15) is 15.9 Å². The van der Waals surface area contributed by atoms with Crippen LogP contribution >= 0.6 is 0 Å². The van der Waals surface area contributed by atoms with Crippen molar-refractivity contribution in [3.63, 3.8) is 0 Å². The van der Waals surface area contributed by atoms with Crippen molar-refractivity contribution in [3.8, 4) is 0 Å². The summed E-state index contributed by atoms with van der Waals surface area (Å²) in [5.41, 5.74) is 4.86. The number of para-hydroxylation sites is 2. The van der Waals surface area contributed by atoms with Gasteiger partial charge in [-0.3, -0.25) is 4.79 Å². The lowest BCUT2D eigenvalue weighted by Gasteiger charge is -2.36. The zero-order chi connectivity index (χ0) is 18.6. The molecule has 3 aromatic carbocycles. The molecule has 0 radical (unpaired) electrons. The van der Waals surface area contributed by atoms with Gasteiger partial charge in [0.05, 0.1) is 13.2 Å². The van der Waals surface area contributed by atoms with E-state index in [0.717, 1.165) is 28.1 Å². The number of carbonyl (C=O) groups is 1. The predicted octanol–water partition coefficient (Wildman–Crippen LogP) is 5.05. The van der Waals surface area contributed by atoms with Crippen LogP contribution in [0.15, 0.2) is 96.7 Å². The molecule has 3 heteroatoms. The van der Waals surface area contributed by atoms with E-state index in [0.29, 0.717) is 13.2 Å². The predicted molar refractivity (Wildman–Crippen MR) is 111 cm³/mol. The Morgan fingerprint density at radius 2 is 1.37 bits per heavy atom. The third-order valence-electron chi connectivity index (χ3n) is 4.81. The number of rotatable bonds is 4. The maximum atomic E-state index is 13.1. The standard InChI is InChI=1S/C24H22N2O/c1-19-12-14-20(15-13-19)24(27)21-16-25(22-8-4-2-5-9-22)18-26(17-21)23-10-6-3-7-11-23/h2-16H,17-18H2,1H3. The van der Waals surface area contributed by atoms with Gasteiger partial charge in [-0.05, 0) is 31.2 Å². The number of hydrogen-bond donors (Lipinski definition) is 0. The van der Waals surface area contributed by atoms with Gasteiger partial charge in [0.2, 0.25) is 0 Å². The molecule has 1 aliphatic rings. The van der Waals surface area contributed by atoms with Gasteiger partial charge in [-0.15, -0.1) is 0 Å². The Morgan fingerprint density at radius 3 is 2.00 bits per heavy atom. The summed E-state index contributed by atoms with van der Waals surface area (Å²) in [6.45, 7) is 3.33. The number of nitrogens with zero attached hydrogens (tertiary/aromatic N) is 2. The van der Waals surface area contributed by atoms with Crippen LogP contribution < -0.4 is 9.80 Å². The summed E-state index contributed by atoms with van der Waals surface area (Å²) in [5, 5.41) is 0. The first-order valence-electron chi connectivity index (χ1n) is 9.14. The molecule has 0 unspecified atom stereocenters. The molecular weight excluding hydrogens is 332 g/mol. The monoisotopic (exact) mass is 354 g/mol. The molecule has 0 spiro atoms. The van der Waals surface area contributed by atoms with Crippen LogP contribution in [0.3, 0.4) is 0 Å². The summed E-state index contributed by atoms with van der Waals surface area (Å²) in [4.78, 5) is 17.5. The molecule has 27 heavy (non-hydrogen) atoms. The average Bonchev–Trinajstić information content (AvgIpc) is 2.75. The SMILES string of the molecule is Cc1ccc(C(=O)C2=CN(c3ccccc3)CN(c3ccccc3)C2)cc1. The molecule has 1 heterocycles. The molecule has 134 valence electrons. The Balaban J connectivity index is 1.70. The minimum atomic E-state index is 0.0802. The van der Waals surface area contributed by atoms with Gasteiger partial charge in [0.1, 0.15) is 0 Å². The summed E-state index contributed by atoms with van der Waals surface area (Å²) in [6, 6.07) is 28.2. The Morgan fingerprint density at radius 1 is 0.778 bits per heavy atom. The molecule has 0 saturated heterocycles. The van der Waals surface area contributed by atoms with Crippen molar-refractivity contribution >= 4 is 17.2 Å². The third-order valence-corrected chi connectivity index (χ3v) is 4.81. The first-order chi connectivity index (χ1) is 13.2. The van der Waals surface area contributed by atoms with Crippen LogP contribution in [-0.2, 0) is 0 Å². The minimum Gasteiger partial charge on any atom is -0.349 e. The van der Waals surface area contributed by atoms with Crippen molar-refractivity contribution < 1.29 is 4.79 Å². The zero-order valence-electron chi connectivity index (χ0n) is 15.4. The van der Waals surface area contributed by atoms with Crippen LogP contribution in [0.25, 0.3) is 0 Å². The number of carbonyl (C=O) groups excluding carboxylic acids is 1. The Labute approximate surface area is 160 Å². The fourth-order valence-corrected chi connectivity index (χ4v) is 3.32. The van der Waals surface area contributed by atoms with Gasteiger partial charge in [0.25, 0.3) is 0 Å². The van der Waals surface area contributed by atoms with Gasteiger partial charge in [-0.1, -0.05) is 66.2 Å². The lowest BCUT2D eigenvalue weighted by Crippen LogP contribution is -2.42. The summed E-state index contributed by atoms with van der Waals surface area (Å²) < 4.78 is 0. The molecule has 0 aromatic heterocycles. The van der Waals surface area contributed by atoms with E-state index in [1.165, 1.54) is 0 Å². The Kier molecular flexibility index (Phi) is 4.75. The summed E-state index contributed by atoms with van der Waals surface area (Å²) in [6.07, 6.45) is 2.00. The molecule has 4 rings (SSSR count). The van der Waals surface area contributed by atoms with Gasteiger partial charge >= 0.3 is 0 Å². The highest BCUT2D eigenvalue weighted by Gasteiger charge is 2.24. The maximum Gasteiger partial charge on any atom is 0.192 e. The lowest BCUT2D eigenvalue weighted by molar-refractivity contribution is 0.103. The van der Waals surface area contributed by atoms with Gasteiger partial charge in [0, 0.05) is 28.7 Å². The fourth-order valence-electron chi connectivity index (χ4n) is 3.32. The van der Waals surface area contributed by atoms with Gasteiger partial charge in [-0.25, -0.2) is 0 Å². The number of anilines is 2. The second-order valence-electron chi connectivity index (χ2n) is 6.83. The Bertz CT molecular complexity index is 947. The lowest BCUT2D eigenvalue weighted by atomic mass is 10.0. The second-order valence-corrected chi connectivity index (χ2v) is 6.83. The molecular formula is C24H22N2O. The number of hydrogen-bond acceptors (Lipinski definition) is 3. The zero-order valence-corrected chi connectivity index (χ0v) is 15.4. The Hall–Kier alpha value is -3.33. The summed E-state index contributed by atoms with van der Waals surface area (Å²) in [5.74, 6) is 0.0802. The van der Waals surface area contributed by atoms with Gasteiger partial charge in [0.15, 0.2) is 5.78 Å². The van der Waals surface area contributed by atoms with E-state index in [1.807, 2.05) is 73.8 Å². The van der Waals surface area contributed by atoms with Gasteiger partial charge < -0.3 is 9.80 Å². The van der Waals surface area contributed by atoms with E-state index in [-0.39, 0.29) is 5.78 Å². The summed E-state index contributed by atoms with van der Waals surface area (Å²) >= 11 is 0. The maximum absolute atomic E-state index is 13.1. The molecule has 0 saturated carbocycles. The molecule has 3 aromatic rings. The quantitative estimate of drug-likeness (QED) is 0.613. The van der Waals surface area contributed by atoms with E-state index in [4.69, 9.17) is 0 Å². The number of benzene rings is 3. The van der Waals surface area contributed by atoms with Crippen molar-refractivity contribution in [2.75, 3.05) is 23.0 Å². The molecule has 0 aliphatic carbocycles. The highest BCUT2D eigenvalue weighted by molar-refractivity contribution is 6.09.